The van der Waals surface area contributed by atoms with Gasteiger partial charge in [0.25, 0.3) is 0 Å². The fourth-order valence-corrected chi connectivity index (χ4v) is 2.78. The summed E-state index contributed by atoms with van der Waals surface area (Å²) >= 11 is 1.48. The predicted octanol–water partition coefficient (Wildman–Crippen LogP) is 4.23. The molecule has 0 bridgehead atoms. The van der Waals surface area contributed by atoms with E-state index in [-0.39, 0.29) is 5.82 Å². The number of imidazole rings is 1. The van der Waals surface area contributed by atoms with Crippen molar-refractivity contribution >= 4 is 33.7 Å². The van der Waals surface area contributed by atoms with Crippen molar-refractivity contribution in [3.63, 3.8) is 0 Å². The van der Waals surface area contributed by atoms with Gasteiger partial charge in [0.2, 0.25) is 0 Å². The minimum absolute atomic E-state index is 0.256. The SMILES string of the molecule is FC(F)(F)Cn1ccnc1/C=C/c1nc2ccccc2s1. The highest BCUT2D eigenvalue weighted by atomic mass is 32.1. The first kappa shape index (κ1) is 13.8. The lowest BCUT2D eigenvalue weighted by Crippen LogP contribution is -2.17. The first-order chi connectivity index (χ1) is 10.0. The van der Waals surface area contributed by atoms with E-state index in [9.17, 15) is 13.2 Å². The van der Waals surface area contributed by atoms with Crippen molar-refractivity contribution in [1.29, 1.82) is 0 Å². The van der Waals surface area contributed by atoms with E-state index >= 15 is 0 Å². The monoisotopic (exact) mass is 309 g/mol. The first-order valence-electron chi connectivity index (χ1n) is 6.13. The van der Waals surface area contributed by atoms with E-state index in [2.05, 4.69) is 9.97 Å². The Morgan fingerprint density at radius 3 is 2.76 bits per heavy atom. The normalized spacial score (nSPS) is 12.5. The molecule has 3 rings (SSSR count). The van der Waals surface area contributed by atoms with Crippen LogP contribution < -0.4 is 0 Å². The van der Waals surface area contributed by atoms with Crippen LogP contribution in [0.25, 0.3) is 22.4 Å². The van der Waals surface area contributed by atoms with Crippen molar-refractivity contribution in [3.05, 3.63) is 47.5 Å². The summed E-state index contributed by atoms with van der Waals surface area (Å²) in [6.45, 7) is -1.05. The maximum Gasteiger partial charge on any atom is 0.406 e. The van der Waals surface area contributed by atoms with Crippen LogP contribution in [0.3, 0.4) is 0 Å². The zero-order valence-corrected chi connectivity index (χ0v) is 11.5. The summed E-state index contributed by atoms with van der Waals surface area (Å²) in [4.78, 5) is 8.31. The molecule has 0 amide bonds. The van der Waals surface area contributed by atoms with Gasteiger partial charge in [0.1, 0.15) is 17.4 Å². The van der Waals surface area contributed by atoms with E-state index in [4.69, 9.17) is 0 Å². The highest BCUT2D eigenvalue weighted by Crippen LogP contribution is 2.23. The Labute approximate surface area is 122 Å². The Balaban J connectivity index is 1.84. The molecule has 3 aromatic rings. The van der Waals surface area contributed by atoms with Crippen molar-refractivity contribution in [1.82, 2.24) is 14.5 Å². The molecule has 0 saturated heterocycles. The first-order valence-corrected chi connectivity index (χ1v) is 6.94. The lowest BCUT2D eigenvalue weighted by Gasteiger charge is -2.08. The van der Waals surface area contributed by atoms with Crippen molar-refractivity contribution < 1.29 is 13.2 Å². The summed E-state index contributed by atoms with van der Waals surface area (Å²) in [5.41, 5.74) is 0.876. The molecule has 3 nitrogen and oxygen atoms in total. The number of hydrogen-bond donors (Lipinski definition) is 0. The van der Waals surface area contributed by atoms with Gasteiger partial charge < -0.3 is 4.57 Å². The van der Waals surface area contributed by atoms with Crippen LogP contribution in [0.5, 0.6) is 0 Å². The number of hydrogen-bond acceptors (Lipinski definition) is 3. The third kappa shape index (κ3) is 3.30. The average Bonchev–Trinajstić information content (AvgIpc) is 3.00. The Morgan fingerprint density at radius 2 is 2.00 bits per heavy atom. The fourth-order valence-electron chi connectivity index (χ4n) is 1.91. The number of benzene rings is 1. The van der Waals surface area contributed by atoms with Gasteiger partial charge in [-0.1, -0.05) is 12.1 Å². The molecular formula is C14H10F3N3S. The second-order valence-electron chi connectivity index (χ2n) is 4.38. The van der Waals surface area contributed by atoms with Gasteiger partial charge in [0.05, 0.1) is 10.2 Å². The second kappa shape index (κ2) is 5.33. The minimum Gasteiger partial charge on any atom is -0.322 e. The van der Waals surface area contributed by atoms with Gasteiger partial charge >= 0.3 is 6.18 Å². The van der Waals surface area contributed by atoms with E-state index < -0.39 is 12.7 Å². The minimum atomic E-state index is -4.26. The molecule has 108 valence electrons. The number of rotatable bonds is 3. The molecular weight excluding hydrogens is 299 g/mol. The molecule has 1 aromatic carbocycles. The number of alkyl halides is 3. The van der Waals surface area contributed by atoms with Crippen molar-refractivity contribution in [2.45, 2.75) is 12.7 Å². The molecule has 0 aliphatic carbocycles. The molecule has 0 saturated carbocycles. The van der Waals surface area contributed by atoms with Crippen LogP contribution >= 0.6 is 11.3 Å². The van der Waals surface area contributed by atoms with E-state index in [1.807, 2.05) is 24.3 Å². The lowest BCUT2D eigenvalue weighted by atomic mass is 10.3. The van der Waals surface area contributed by atoms with Crippen molar-refractivity contribution in [2.75, 3.05) is 0 Å². The van der Waals surface area contributed by atoms with Crippen LogP contribution in [0.2, 0.25) is 0 Å². The Kier molecular flexibility index (Phi) is 3.50. The molecule has 0 spiro atoms. The quantitative estimate of drug-likeness (QED) is 0.725. The topological polar surface area (TPSA) is 30.7 Å². The summed E-state index contributed by atoms with van der Waals surface area (Å²) in [5.74, 6) is 0.256. The van der Waals surface area contributed by atoms with Crippen molar-refractivity contribution in [2.24, 2.45) is 0 Å². The summed E-state index contributed by atoms with van der Waals surface area (Å²) in [5, 5.41) is 0.734. The van der Waals surface area contributed by atoms with Crippen LogP contribution in [0.1, 0.15) is 10.8 Å². The number of aromatic nitrogens is 3. The Bertz CT molecular complexity index is 753. The maximum absolute atomic E-state index is 12.4. The summed E-state index contributed by atoms with van der Waals surface area (Å²) in [7, 11) is 0. The Hall–Kier alpha value is -2.15. The van der Waals surface area contributed by atoms with Gasteiger partial charge in [-0.3, -0.25) is 0 Å². The molecule has 0 fully saturated rings. The van der Waals surface area contributed by atoms with Gasteiger partial charge in [0.15, 0.2) is 0 Å². The van der Waals surface area contributed by atoms with Gasteiger partial charge in [0, 0.05) is 12.4 Å². The second-order valence-corrected chi connectivity index (χ2v) is 5.44. The number of halogens is 3. The third-order valence-electron chi connectivity index (χ3n) is 2.78. The average molecular weight is 309 g/mol. The van der Waals surface area contributed by atoms with E-state index in [1.54, 1.807) is 12.2 Å². The number of thiazole rings is 1. The van der Waals surface area contributed by atoms with Crippen LogP contribution in [0.15, 0.2) is 36.7 Å². The molecule has 0 atom stereocenters. The molecule has 0 aliphatic heterocycles. The number of fused-ring (bicyclic) bond motifs is 1. The van der Waals surface area contributed by atoms with Gasteiger partial charge in [-0.15, -0.1) is 11.3 Å². The summed E-state index contributed by atoms with van der Waals surface area (Å²) in [6.07, 6.45) is 1.62. The molecule has 2 aromatic heterocycles. The zero-order chi connectivity index (χ0) is 14.9. The van der Waals surface area contributed by atoms with Crippen molar-refractivity contribution in [3.8, 4) is 0 Å². The number of nitrogens with zero attached hydrogens (tertiary/aromatic N) is 3. The molecule has 21 heavy (non-hydrogen) atoms. The standard InChI is InChI=1S/C14H10F3N3S/c15-14(16,17)9-20-8-7-18-12(20)5-6-13-19-10-3-1-2-4-11(10)21-13/h1-8H,9H2/b6-5+. The molecule has 0 radical (unpaired) electrons. The van der Waals surface area contributed by atoms with Crippen LogP contribution in [-0.4, -0.2) is 20.7 Å². The van der Waals surface area contributed by atoms with Crippen LogP contribution in [0.4, 0.5) is 13.2 Å². The molecule has 0 aliphatic rings. The molecule has 7 heteroatoms. The summed E-state index contributed by atoms with van der Waals surface area (Å²) < 4.78 is 39.4. The van der Waals surface area contributed by atoms with E-state index in [0.29, 0.717) is 0 Å². The third-order valence-corrected chi connectivity index (χ3v) is 3.78. The number of para-hydroxylation sites is 1. The largest absolute Gasteiger partial charge is 0.406 e. The molecule has 0 N–H and O–H groups in total. The molecule has 0 unspecified atom stereocenters. The molecule has 2 heterocycles. The highest BCUT2D eigenvalue weighted by molar-refractivity contribution is 7.19. The van der Waals surface area contributed by atoms with Crippen LogP contribution in [-0.2, 0) is 6.54 Å². The van der Waals surface area contributed by atoms with E-state index in [1.165, 1.54) is 23.7 Å². The van der Waals surface area contributed by atoms with Gasteiger partial charge in [-0.05, 0) is 24.3 Å². The van der Waals surface area contributed by atoms with Gasteiger partial charge in [-0.25, -0.2) is 9.97 Å². The summed E-state index contributed by atoms with van der Waals surface area (Å²) in [6, 6.07) is 7.67. The predicted molar refractivity (Wildman–Crippen MR) is 76.8 cm³/mol. The Morgan fingerprint density at radius 1 is 1.19 bits per heavy atom. The lowest BCUT2D eigenvalue weighted by molar-refractivity contribution is -0.140. The fraction of sp³-hybridized carbons (Fsp3) is 0.143. The zero-order valence-electron chi connectivity index (χ0n) is 10.7. The maximum atomic E-state index is 12.4. The van der Waals surface area contributed by atoms with Crippen LogP contribution in [0, 0.1) is 0 Å². The van der Waals surface area contributed by atoms with Gasteiger partial charge in [-0.2, -0.15) is 13.2 Å². The smallest absolute Gasteiger partial charge is 0.322 e. The highest BCUT2D eigenvalue weighted by Gasteiger charge is 2.28. The van der Waals surface area contributed by atoms with E-state index in [0.717, 1.165) is 19.8 Å².